The molecule has 0 atom stereocenters. The van der Waals surface area contributed by atoms with Gasteiger partial charge in [-0.3, -0.25) is 0 Å². The van der Waals surface area contributed by atoms with E-state index >= 15 is 0 Å². The van der Waals surface area contributed by atoms with E-state index in [-0.39, 0.29) is 6.71 Å². The first kappa shape index (κ1) is 65.1. The van der Waals surface area contributed by atoms with Crippen LogP contribution in [0.15, 0.2) is 413 Å². The molecule has 0 bridgehead atoms. The zero-order valence-corrected chi connectivity index (χ0v) is 61.5. The minimum absolute atomic E-state index is 0.347. The van der Waals surface area contributed by atoms with Crippen molar-refractivity contribution in [1.82, 2.24) is 15.0 Å². The van der Waals surface area contributed by atoms with Crippen molar-refractivity contribution in [3.05, 3.63) is 413 Å². The predicted molar refractivity (Wildman–Crippen MR) is 470 cm³/mol. The summed E-state index contributed by atoms with van der Waals surface area (Å²) in [6.45, 7) is -0.347. The Hall–Kier alpha value is -15.0. The predicted octanol–water partition coefficient (Wildman–Crippen LogP) is 25.9. The highest BCUT2D eigenvalue weighted by atomic mass is 15.3. The van der Waals surface area contributed by atoms with Crippen molar-refractivity contribution < 1.29 is 0 Å². The van der Waals surface area contributed by atoms with Gasteiger partial charge in [0.1, 0.15) is 0 Å². The summed E-state index contributed by atoms with van der Waals surface area (Å²) >= 11 is 0. The molecular weight excluding hydrogens is 1370 g/mol. The first-order chi connectivity index (χ1) is 56.0. The van der Waals surface area contributed by atoms with Gasteiger partial charge < -0.3 is 19.6 Å². The number of rotatable bonds is 13. The van der Waals surface area contributed by atoms with Gasteiger partial charge in [-0.05, 0) is 215 Å². The highest BCUT2D eigenvalue weighted by Crippen LogP contribution is 2.61. The first-order valence-corrected chi connectivity index (χ1v) is 38.7. The summed E-state index contributed by atoms with van der Waals surface area (Å²) in [4.78, 5) is 27.9. The Morgan fingerprint density at radius 1 is 0.159 bits per heavy atom. The molecule has 0 fully saturated rings. The zero-order valence-electron chi connectivity index (χ0n) is 61.5. The van der Waals surface area contributed by atoms with E-state index in [4.69, 9.17) is 15.0 Å². The molecule has 5 heterocycles. The van der Waals surface area contributed by atoms with Crippen LogP contribution in [0.4, 0.5) is 68.2 Å². The van der Waals surface area contributed by atoms with Crippen molar-refractivity contribution in [2.24, 2.45) is 0 Å². The van der Waals surface area contributed by atoms with Gasteiger partial charge in [-0.2, -0.15) is 0 Å². The standard InChI is InChI=1S/C105H68BN7/c1-11-31-69(32-12-1)77-51-53-92-94(63-77)110(88-47-27-9-28-48-88)98-65-83(75-43-23-7-24-44-75)61-90-101(98)112(92)96-67-87(68-97-100(96)106(90)91-62-84(76-45-25-8-26-46-76)66-99-102(91)113(97)93-54-52-78(70-33-13-2-14-34-70)64-95(93)111(99)89-49-29-10-30-50-89)105-108-103(85-57-79(71-35-15-3-16-36-71)55-80(58-85)72-37-17-4-18-38-72)107-104(109-105)86-59-81(73-39-19-5-20-40-73)56-82(60-86)74-41-21-6-22-42-74/h1-68H. The highest BCUT2D eigenvalue weighted by molar-refractivity contribution is 7.01. The Kier molecular flexibility index (Phi) is 15.6. The molecule has 0 N–H and O–H groups in total. The Labute approximate surface area is 657 Å². The van der Waals surface area contributed by atoms with E-state index < -0.39 is 0 Å². The van der Waals surface area contributed by atoms with Crippen LogP contribution in [0.1, 0.15) is 0 Å². The smallest absolute Gasteiger partial charge is 0.252 e. The summed E-state index contributed by atoms with van der Waals surface area (Å²) in [5, 5.41) is 0. The molecule has 0 aliphatic carbocycles. The van der Waals surface area contributed by atoms with E-state index in [1.54, 1.807) is 0 Å². The molecule has 4 aliphatic heterocycles. The lowest BCUT2D eigenvalue weighted by Crippen LogP contribution is -2.62. The maximum absolute atomic E-state index is 5.94. The molecule has 17 aromatic carbocycles. The molecule has 0 saturated carbocycles. The van der Waals surface area contributed by atoms with Crippen molar-refractivity contribution in [2.45, 2.75) is 0 Å². The summed E-state index contributed by atoms with van der Waals surface area (Å²) in [7, 11) is 0. The van der Waals surface area contributed by atoms with Crippen molar-refractivity contribution in [3.8, 4) is 123 Å². The third-order valence-electron chi connectivity index (χ3n) is 22.8. The number of benzene rings is 17. The molecule has 0 saturated heterocycles. The molecule has 0 unspecified atom stereocenters. The molecule has 4 aliphatic rings. The van der Waals surface area contributed by atoms with Crippen molar-refractivity contribution >= 4 is 91.3 Å². The molecule has 0 radical (unpaired) electrons. The summed E-state index contributed by atoms with van der Waals surface area (Å²) in [6.07, 6.45) is 0. The van der Waals surface area contributed by atoms with Gasteiger partial charge in [0.2, 0.25) is 0 Å². The molecule has 22 rings (SSSR count). The monoisotopic (exact) mass is 1440 g/mol. The van der Waals surface area contributed by atoms with Gasteiger partial charge in [0, 0.05) is 39.4 Å². The topological polar surface area (TPSA) is 51.6 Å². The van der Waals surface area contributed by atoms with Gasteiger partial charge in [-0.15, -0.1) is 0 Å². The number of fused-ring (bicyclic) bond motifs is 8. The second kappa shape index (κ2) is 27.0. The minimum atomic E-state index is -0.347. The van der Waals surface area contributed by atoms with E-state index in [0.717, 1.165) is 174 Å². The Balaban J connectivity index is 0.887. The van der Waals surface area contributed by atoms with Crippen LogP contribution in [0.3, 0.4) is 0 Å². The lowest BCUT2D eigenvalue weighted by atomic mass is 9.33. The van der Waals surface area contributed by atoms with E-state index in [2.05, 4.69) is 432 Å². The van der Waals surface area contributed by atoms with Crippen LogP contribution in [0.25, 0.3) is 123 Å². The van der Waals surface area contributed by atoms with E-state index in [1.165, 1.54) is 16.4 Å². The van der Waals surface area contributed by atoms with Crippen molar-refractivity contribution in [2.75, 3.05) is 19.6 Å². The van der Waals surface area contributed by atoms with E-state index in [9.17, 15) is 0 Å². The number of aromatic nitrogens is 3. The number of anilines is 12. The van der Waals surface area contributed by atoms with Crippen LogP contribution in [0.2, 0.25) is 0 Å². The second-order valence-corrected chi connectivity index (χ2v) is 29.5. The summed E-state index contributed by atoms with van der Waals surface area (Å²) in [6, 6.07) is 151. The fourth-order valence-electron chi connectivity index (χ4n) is 17.6. The Bertz CT molecular complexity index is 6200. The second-order valence-electron chi connectivity index (χ2n) is 29.5. The summed E-state index contributed by atoms with van der Waals surface area (Å²) in [5.41, 5.74) is 36.3. The SMILES string of the molecule is c1ccc(-c2cc(-c3ccccc3)cc(-c3nc(-c4cc(-c5ccccc5)cc(-c5ccccc5)c4)nc(-c4cc5c6c(c4)N4c7ccc(-c8ccccc8)cc7N(c7ccccc7)c7cc(-c8ccccc8)cc(c74)B6c4cc(-c6ccccc6)cc6c4N5c4ccc(-c5ccccc5)cc4N6c4ccccc4)n3)c2)cc1. The van der Waals surface area contributed by atoms with Crippen molar-refractivity contribution in [3.63, 3.8) is 0 Å². The average Bonchev–Trinajstić information content (AvgIpc) is 0.670. The number of para-hydroxylation sites is 2. The zero-order chi connectivity index (χ0) is 74.5. The molecule has 7 nitrogen and oxygen atoms in total. The molecule has 0 spiro atoms. The maximum atomic E-state index is 5.94. The van der Waals surface area contributed by atoms with Crippen LogP contribution in [0, 0.1) is 0 Å². The summed E-state index contributed by atoms with van der Waals surface area (Å²) in [5.74, 6) is 1.62. The quantitative estimate of drug-likeness (QED) is 0.107. The molecule has 8 heteroatoms. The van der Waals surface area contributed by atoms with Crippen molar-refractivity contribution in [1.29, 1.82) is 0 Å². The number of hydrogen-bond donors (Lipinski definition) is 0. The van der Waals surface area contributed by atoms with Gasteiger partial charge in [0.15, 0.2) is 17.5 Å². The first-order valence-electron chi connectivity index (χ1n) is 38.7. The van der Waals surface area contributed by atoms with Crippen LogP contribution >= 0.6 is 0 Å². The van der Waals surface area contributed by atoms with Crippen LogP contribution < -0.4 is 36.0 Å². The normalized spacial score (nSPS) is 12.5. The Morgan fingerprint density at radius 3 is 0.681 bits per heavy atom. The lowest BCUT2D eigenvalue weighted by molar-refractivity contribution is 1.07. The number of hydrogen-bond acceptors (Lipinski definition) is 7. The van der Waals surface area contributed by atoms with E-state index in [1.807, 2.05) is 0 Å². The fraction of sp³-hybridized carbons (Fsp3) is 0. The van der Waals surface area contributed by atoms with Gasteiger partial charge in [-0.25, -0.2) is 15.0 Å². The molecule has 0 amide bonds. The van der Waals surface area contributed by atoms with Crippen LogP contribution in [0.5, 0.6) is 0 Å². The number of nitrogens with zero attached hydrogens (tertiary/aromatic N) is 7. The summed E-state index contributed by atoms with van der Waals surface area (Å²) < 4.78 is 0. The lowest BCUT2D eigenvalue weighted by Gasteiger charge is -2.51. The Morgan fingerprint density at radius 2 is 0.389 bits per heavy atom. The maximum Gasteiger partial charge on any atom is 0.252 e. The molecule has 1 aromatic heterocycles. The molecular formula is C105H68BN7. The van der Waals surface area contributed by atoms with E-state index in [0.29, 0.717) is 17.5 Å². The molecule has 113 heavy (non-hydrogen) atoms. The van der Waals surface area contributed by atoms with Gasteiger partial charge in [-0.1, -0.05) is 303 Å². The molecule has 18 aromatic rings. The third-order valence-corrected chi connectivity index (χ3v) is 22.8. The minimum Gasteiger partial charge on any atom is -0.307 e. The third kappa shape index (κ3) is 11.3. The van der Waals surface area contributed by atoms with Crippen LogP contribution in [-0.4, -0.2) is 21.7 Å². The largest absolute Gasteiger partial charge is 0.307 e. The fourth-order valence-corrected chi connectivity index (χ4v) is 17.6. The van der Waals surface area contributed by atoms with Crippen LogP contribution in [-0.2, 0) is 0 Å². The van der Waals surface area contributed by atoms with Gasteiger partial charge in [0.25, 0.3) is 6.71 Å². The molecule has 526 valence electrons. The van der Waals surface area contributed by atoms with Gasteiger partial charge in [0.05, 0.1) is 45.5 Å². The average molecular weight is 1440 g/mol. The van der Waals surface area contributed by atoms with Gasteiger partial charge >= 0.3 is 0 Å². The highest BCUT2D eigenvalue weighted by Gasteiger charge is 2.50.